The first-order valence-electron chi connectivity index (χ1n) is 4.53. The molecule has 0 saturated heterocycles. The molecule has 1 unspecified atom stereocenters. The van der Waals surface area contributed by atoms with E-state index in [0.29, 0.717) is 0 Å². The molecule has 0 aliphatic rings. The quantitative estimate of drug-likeness (QED) is 0.644. The van der Waals surface area contributed by atoms with Gasteiger partial charge in [-0.15, -0.1) is 34.3 Å². The van der Waals surface area contributed by atoms with E-state index in [2.05, 4.69) is 19.9 Å². The predicted molar refractivity (Wildman–Crippen MR) is 70.8 cm³/mol. The first-order valence-corrected chi connectivity index (χ1v) is 7.04. The number of rotatable bonds is 2. The Hall–Kier alpha value is -0.0200. The van der Waals surface area contributed by atoms with Crippen molar-refractivity contribution in [3.63, 3.8) is 0 Å². The topological polar surface area (TPSA) is 0 Å². The fourth-order valence-corrected chi connectivity index (χ4v) is 4.13. The maximum atomic E-state index is 6.40. The monoisotopic (exact) mass is 276 g/mol. The van der Waals surface area contributed by atoms with E-state index in [1.807, 2.05) is 11.4 Å². The minimum atomic E-state index is -0.102. The lowest BCUT2D eigenvalue weighted by Gasteiger charge is -2.04. The van der Waals surface area contributed by atoms with Crippen molar-refractivity contribution in [2.24, 2.45) is 0 Å². The van der Waals surface area contributed by atoms with Crippen molar-refractivity contribution in [3.05, 3.63) is 42.7 Å². The molecule has 0 aliphatic heterocycles. The summed E-state index contributed by atoms with van der Waals surface area (Å²) >= 11 is 15.8. The molecular weight excluding hydrogens is 267 g/mol. The Morgan fingerprint density at radius 3 is 2.53 bits per heavy atom. The van der Waals surface area contributed by atoms with Crippen LogP contribution in [0.1, 0.15) is 25.6 Å². The second kappa shape index (κ2) is 4.46. The van der Waals surface area contributed by atoms with Crippen molar-refractivity contribution in [2.75, 3.05) is 0 Å². The van der Waals surface area contributed by atoms with Crippen molar-refractivity contribution in [3.8, 4) is 0 Å². The van der Waals surface area contributed by atoms with Gasteiger partial charge in [0.05, 0.1) is 5.02 Å². The Bertz CT molecular complexity index is 451. The van der Waals surface area contributed by atoms with Gasteiger partial charge in [-0.3, -0.25) is 0 Å². The summed E-state index contributed by atoms with van der Waals surface area (Å²) in [5, 5.41) is 2.64. The van der Waals surface area contributed by atoms with Crippen molar-refractivity contribution in [1.29, 1.82) is 0 Å². The Kier molecular flexibility index (Phi) is 3.41. The molecule has 2 heterocycles. The molecule has 1 atom stereocenters. The molecule has 2 rings (SSSR count). The van der Waals surface area contributed by atoms with Crippen LogP contribution >= 0.6 is 45.9 Å². The highest BCUT2D eigenvalue weighted by atomic mass is 35.5. The molecule has 0 nitrogen and oxygen atoms in total. The molecule has 0 amide bonds. The highest BCUT2D eigenvalue weighted by molar-refractivity contribution is 7.13. The second-order valence-electron chi connectivity index (χ2n) is 3.38. The Balaban J connectivity index is 2.36. The lowest BCUT2D eigenvalue weighted by atomic mass is 10.2. The van der Waals surface area contributed by atoms with Crippen LogP contribution in [0.5, 0.6) is 0 Å². The maximum absolute atomic E-state index is 6.40. The normalized spacial score (nSPS) is 13.1. The van der Waals surface area contributed by atoms with Crippen LogP contribution in [0.3, 0.4) is 0 Å². The smallest absolute Gasteiger partial charge is 0.103 e. The number of hydrogen-bond donors (Lipinski definition) is 0. The van der Waals surface area contributed by atoms with Crippen molar-refractivity contribution < 1.29 is 0 Å². The molecule has 0 aromatic carbocycles. The van der Waals surface area contributed by atoms with Gasteiger partial charge >= 0.3 is 0 Å². The van der Waals surface area contributed by atoms with Crippen LogP contribution in [0, 0.1) is 13.8 Å². The minimum absolute atomic E-state index is 0.102. The van der Waals surface area contributed by atoms with Gasteiger partial charge in [-0.2, -0.15) is 0 Å². The number of alkyl halides is 1. The van der Waals surface area contributed by atoms with Crippen LogP contribution in [0.25, 0.3) is 0 Å². The van der Waals surface area contributed by atoms with E-state index in [-0.39, 0.29) is 5.38 Å². The summed E-state index contributed by atoms with van der Waals surface area (Å²) < 4.78 is 0. The summed E-state index contributed by atoms with van der Waals surface area (Å²) in [4.78, 5) is 3.54. The van der Waals surface area contributed by atoms with Crippen molar-refractivity contribution in [1.82, 2.24) is 0 Å². The van der Waals surface area contributed by atoms with Crippen LogP contribution in [0.2, 0.25) is 5.02 Å². The second-order valence-corrected chi connectivity index (χ2v) is 6.46. The molecule has 0 bridgehead atoms. The van der Waals surface area contributed by atoms with Crippen LogP contribution in [-0.2, 0) is 0 Å². The number of hydrogen-bond acceptors (Lipinski definition) is 2. The van der Waals surface area contributed by atoms with E-state index in [1.165, 1.54) is 15.3 Å². The third kappa shape index (κ3) is 2.23. The van der Waals surface area contributed by atoms with Crippen molar-refractivity contribution in [2.45, 2.75) is 19.2 Å². The van der Waals surface area contributed by atoms with Gasteiger partial charge in [0.15, 0.2) is 0 Å². The molecular formula is C11H10Cl2S2. The van der Waals surface area contributed by atoms with Gasteiger partial charge in [0.1, 0.15) is 5.38 Å². The third-order valence-corrected chi connectivity index (χ3v) is 5.66. The van der Waals surface area contributed by atoms with Crippen molar-refractivity contribution >= 4 is 45.9 Å². The lowest BCUT2D eigenvalue weighted by Crippen LogP contribution is -1.85. The largest absolute Gasteiger partial charge is 0.145 e. The summed E-state index contributed by atoms with van der Waals surface area (Å²) in [6.45, 7) is 4.22. The summed E-state index contributed by atoms with van der Waals surface area (Å²) in [5.74, 6) is 0. The molecule has 2 aromatic heterocycles. The molecule has 0 radical (unpaired) electrons. The van der Waals surface area contributed by atoms with Gasteiger partial charge in [-0.05, 0) is 36.9 Å². The summed E-state index contributed by atoms with van der Waals surface area (Å²) in [5.41, 5.74) is 1.30. The molecule has 2 aromatic rings. The zero-order valence-corrected chi connectivity index (χ0v) is 11.5. The minimum Gasteiger partial charge on any atom is -0.145 e. The molecule has 0 fully saturated rings. The molecule has 15 heavy (non-hydrogen) atoms. The van der Waals surface area contributed by atoms with Gasteiger partial charge in [0, 0.05) is 14.6 Å². The molecule has 0 saturated carbocycles. The van der Waals surface area contributed by atoms with Gasteiger partial charge < -0.3 is 0 Å². The Morgan fingerprint density at radius 1 is 1.33 bits per heavy atom. The van der Waals surface area contributed by atoms with E-state index in [1.54, 1.807) is 22.7 Å². The van der Waals surface area contributed by atoms with Gasteiger partial charge in [0.2, 0.25) is 0 Å². The Morgan fingerprint density at radius 2 is 2.07 bits per heavy atom. The average Bonchev–Trinajstić information content (AvgIpc) is 2.74. The highest BCUT2D eigenvalue weighted by Crippen LogP contribution is 2.40. The third-order valence-electron chi connectivity index (χ3n) is 2.31. The summed E-state index contributed by atoms with van der Waals surface area (Å²) in [6.07, 6.45) is 0. The van der Waals surface area contributed by atoms with Crippen LogP contribution in [-0.4, -0.2) is 0 Å². The number of aryl methyl sites for hydroxylation is 2. The van der Waals surface area contributed by atoms with E-state index in [9.17, 15) is 0 Å². The van der Waals surface area contributed by atoms with Crippen LogP contribution in [0.15, 0.2) is 17.5 Å². The number of halogens is 2. The zero-order chi connectivity index (χ0) is 11.0. The first kappa shape index (κ1) is 11.5. The lowest BCUT2D eigenvalue weighted by molar-refractivity contribution is 1.23. The summed E-state index contributed by atoms with van der Waals surface area (Å²) in [6, 6.07) is 4.04. The standard InChI is InChI=1S/C11H10Cl2S2/c1-6-5-9(15-7(6)2)10(13)11-8(12)3-4-14-11/h3-5,10H,1-2H3. The van der Waals surface area contributed by atoms with E-state index in [4.69, 9.17) is 23.2 Å². The highest BCUT2D eigenvalue weighted by Gasteiger charge is 2.18. The molecule has 80 valence electrons. The predicted octanol–water partition coefficient (Wildman–Crippen LogP) is 5.41. The van der Waals surface area contributed by atoms with Gasteiger partial charge in [-0.25, -0.2) is 0 Å². The van der Waals surface area contributed by atoms with Gasteiger partial charge in [0.25, 0.3) is 0 Å². The number of thiophene rings is 2. The summed E-state index contributed by atoms with van der Waals surface area (Å²) in [7, 11) is 0. The molecule has 4 heteroatoms. The van der Waals surface area contributed by atoms with Crippen LogP contribution in [0.4, 0.5) is 0 Å². The fourth-order valence-electron chi connectivity index (χ4n) is 1.34. The maximum Gasteiger partial charge on any atom is 0.103 e. The fraction of sp³-hybridized carbons (Fsp3) is 0.273. The molecule has 0 N–H and O–H groups in total. The molecule has 0 spiro atoms. The SMILES string of the molecule is Cc1cc(C(Cl)c2sccc2Cl)sc1C. The van der Waals surface area contributed by atoms with Gasteiger partial charge in [-0.1, -0.05) is 11.6 Å². The molecule has 0 aliphatic carbocycles. The van der Waals surface area contributed by atoms with E-state index < -0.39 is 0 Å². The first-order chi connectivity index (χ1) is 7.09. The Labute approximate surface area is 107 Å². The average molecular weight is 277 g/mol. The van der Waals surface area contributed by atoms with E-state index in [0.717, 1.165) is 9.90 Å². The van der Waals surface area contributed by atoms with E-state index >= 15 is 0 Å². The van der Waals surface area contributed by atoms with Crippen LogP contribution < -0.4 is 0 Å². The zero-order valence-electron chi connectivity index (χ0n) is 8.38.